The molecular formula is C23H25N3O2. The molecule has 0 fully saturated rings. The number of imidazole rings is 1. The molecule has 5 nitrogen and oxygen atoms in total. The molecule has 2 aromatic carbocycles. The van der Waals surface area contributed by atoms with Gasteiger partial charge >= 0.3 is 0 Å². The van der Waals surface area contributed by atoms with Gasteiger partial charge in [-0.3, -0.25) is 4.79 Å². The molecule has 0 unspecified atom stereocenters. The van der Waals surface area contributed by atoms with E-state index in [9.17, 15) is 9.90 Å². The molecule has 3 aromatic rings. The fraction of sp³-hybridized carbons (Fsp3) is 0.304. The van der Waals surface area contributed by atoms with E-state index in [-0.39, 0.29) is 11.7 Å². The van der Waals surface area contributed by atoms with Gasteiger partial charge in [0, 0.05) is 31.3 Å². The highest BCUT2D eigenvalue weighted by Crippen LogP contribution is 2.28. The van der Waals surface area contributed by atoms with Crippen LogP contribution in [0.4, 0.5) is 0 Å². The van der Waals surface area contributed by atoms with Gasteiger partial charge in [-0.2, -0.15) is 0 Å². The lowest BCUT2D eigenvalue weighted by Gasteiger charge is -2.17. The molecule has 0 saturated carbocycles. The number of para-hydroxylation sites is 1. The largest absolute Gasteiger partial charge is 0.508 e. The number of nitrogens with zero attached hydrogens (tertiary/aromatic N) is 3. The van der Waals surface area contributed by atoms with Crippen LogP contribution in [0.3, 0.4) is 0 Å². The lowest BCUT2D eigenvalue weighted by Crippen LogP contribution is -2.27. The van der Waals surface area contributed by atoms with Crippen molar-refractivity contribution in [1.29, 1.82) is 0 Å². The van der Waals surface area contributed by atoms with Crippen LogP contribution in [0.15, 0.2) is 54.6 Å². The van der Waals surface area contributed by atoms with Crippen molar-refractivity contribution in [2.75, 3.05) is 7.05 Å². The predicted molar refractivity (Wildman–Crippen MR) is 109 cm³/mol. The van der Waals surface area contributed by atoms with Crippen molar-refractivity contribution in [2.45, 2.75) is 38.8 Å². The Kier molecular flexibility index (Phi) is 5.15. The average molecular weight is 375 g/mol. The summed E-state index contributed by atoms with van der Waals surface area (Å²) in [6, 6.07) is 17.2. The molecule has 0 radical (unpaired) electrons. The second kappa shape index (κ2) is 7.89. The standard InChI is InChI=1S/C23H25N3O2/c1-25(16-18-12-7-8-14-20(18)27)23(28)21-19-13-6-3-9-15-26(19)22(24-21)17-10-4-2-5-11-17/h2,4-5,7-8,10-12,14,27H,3,6,9,13,15-16H2,1H3. The molecule has 0 atom stereocenters. The third kappa shape index (κ3) is 3.52. The summed E-state index contributed by atoms with van der Waals surface area (Å²) in [6.45, 7) is 1.24. The number of aromatic hydroxyl groups is 1. The zero-order valence-electron chi connectivity index (χ0n) is 16.1. The van der Waals surface area contributed by atoms with Crippen molar-refractivity contribution in [3.63, 3.8) is 0 Å². The van der Waals surface area contributed by atoms with Gasteiger partial charge in [-0.15, -0.1) is 0 Å². The van der Waals surface area contributed by atoms with Gasteiger partial charge in [0.05, 0.1) is 5.69 Å². The molecule has 1 aromatic heterocycles. The Morgan fingerprint density at radius 1 is 1.07 bits per heavy atom. The lowest BCUT2D eigenvalue weighted by atomic mass is 10.1. The number of phenols is 1. The fourth-order valence-corrected chi connectivity index (χ4v) is 3.85. The van der Waals surface area contributed by atoms with Gasteiger partial charge in [0.15, 0.2) is 0 Å². The van der Waals surface area contributed by atoms with Gasteiger partial charge in [-0.1, -0.05) is 55.0 Å². The fourth-order valence-electron chi connectivity index (χ4n) is 3.85. The highest BCUT2D eigenvalue weighted by molar-refractivity contribution is 5.94. The van der Waals surface area contributed by atoms with E-state index >= 15 is 0 Å². The van der Waals surface area contributed by atoms with Gasteiger partial charge in [-0.25, -0.2) is 4.98 Å². The van der Waals surface area contributed by atoms with Crippen LogP contribution in [0.1, 0.15) is 41.0 Å². The summed E-state index contributed by atoms with van der Waals surface area (Å²) in [5.41, 5.74) is 3.34. The number of fused-ring (bicyclic) bond motifs is 1. The Morgan fingerprint density at radius 3 is 2.61 bits per heavy atom. The number of benzene rings is 2. The molecule has 0 aliphatic carbocycles. The van der Waals surface area contributed by atoms with Crippen LogP contribution in [0.25, 0.3) is 11.4 Å². The molecule has 0 saturated heterocycles. The minimum absolute atomic E-state index is 0.101. The van der Waals surface area contributed by atoms with E-state index in [0.717, 1.165) is 54.9 Å². The molecule has 1 N–H and O–H groups in total. The monoisotopic (exact) mass is 375 g/mol. The summed E-state index contributed by atoms with van der Waals surface area (Å²) in [5.74, 6) is 0.976. The van der Waals surface area contributed by atoms with Gasteiger partial charge in [0.1, 0.15) is 17.3 Å². The highest BCUT2D eigenvalue weighted by atomic mass is 16.3. The Bertz CT molecular complexity index is 979. The van der Waals surface area contributed by atoms with Crippen molar-refractivity contribution in [2.24, 2.45) is 0 Å². The molecule has 1 aliphatic heterocycles. The maximum absolute atomic E-state index is 13.3. The quantitative estimate of drug-likeness (QED) is 0.741. The first kappa shape index (κ1) is 18.3. The number of carbonyl (C=O) groups is 1. The number of amides is 1. The second-order valence-corrected chi connectivity index (χ2v) is 7.35. The maximum atomic E-state index is 13.3. The summed E-state index contributed by atoms with van der Waals surface area (Å²) in [4.78, 5) is 19.7. The second-order valence-electron chi connectivity index (χ2n) is 7.35. The first-order valence-electron chi connectivity index (χ1n) is 9.82. The topological polar surface area (TPSA) is 58.4 Å². The van der Waals surface area contributed by atoms with Crippen LogP contribution >= 0.6 is 0 Å². The number of rotatable bonds is 4. The van der Waals surface area contributed by atoms with E-state index in [2.05, 4.69) is 4.57 Å². The van der Waals surface area contributed by atoms with Gasteiger partial charge in [-0.05, 0) is 25.3 Å². The Balaban J connectivity index is 1.69. The molecule has 2 heterocycles. The van der Waals surface area contributed by atoms with Crippen LogP contribution < -0.4 is 0 Å². The van der Waals surface area contributed by atoms with E-state index in [0.29, 0.717) is 12.2 Å². The molecule has 4 rings (SSSR count). The van der Waals surface area contributed by atoms with Crippen molar-refractivity contribution in [3.05, 3.63) is 71.5 Å². The van der Waals surface area contributed by atoms with E-state index in [1.807, 2.05) is 42.5 Å². The third-order valence-corrected chi connectivity index (χ3v) is 5.35. The summed E-state index contributed by atoms with van der Waals surface area (Å²) in [5, 5.41) is 10.0. The van der Waals surface area contributed by atoms with E-state index in [1.54, 1.807) is 24.1 Å². The predicted octanol–water partition coefficient (Wildman–Crippen LogP) is 4.25. The lowest BCUT2D eigenvalue weighted by molar-refractivity contribution is 0.0777. The summed E-state index contributed by atoms with van der Waals surface area (Å²) < 4.78 is 2.23. The third-order valence-electron chi connectivity index (χ3n) is 5.35. The zero-order chi connectivity index (χ0) is 19.5. The highest BCUT2D eigenvalue weighted by Gasteiger charge is 2.26. The molecule has 144 valence electrons. The summed E-state index contributed by atoms with van der Waals surface area (Å²) in [6.07, 6.45) is 4.20. The number of aromatic nitrogens is 2. The van der Waals surface area contributed by atoms with Crippen molar-refractivity contribution < 1.29 is 9.90 Å². The van der Waals surface area contributed by atoms with Crippen LogP contribution in [0.2, 0.25) is 0 Å². The van der Waals surface area contributed by atoms with Crippen molar-refractivity contribution in [1.82, 2.24) is 14.5 Å². The van der Waals surface area contributed by atoms with Gasteiger partial charge in [0.25, 0.3) is 5.91 Å². The SMILES string of the molecule is CN(Cc1ccccc1O)C(=O)c1nc(-c2ccccc2)n2c1CCCCC2. The van der Waals surface area contributed by atoms with Crippen LogP contribution in [-0.4, -0.2) is 32.5 Å². The van der Waals surface area contributed by atoms with E-state index in [1.165, 1.54) is 0 Å². The Labute approximate surface area is 165 Å². The number of carbonyl (C=O) groups excluding carboxylic acids is 1. The smallest absolute Gasteiger partial charge is 0.274 e. The minimum Gasteiger partial charge on any atom is -0.508 e. The molecule has 0 spiro atoms. The molecule has 28 heavy (non-hydrogen) atoms. The van der Waals surface area contributed by atoms with Gasteiger partial charge in [0.2, 0.25) is 0 Å². The van der Waals surface area contributed by atoms with Crippen LogP contribution in [0.5, 0.6) is 5.75 Å². The summed E-state index contributed by atoms with van der Waals surface area (Å²) >= 11 is 0. The van der Waals surface area contributed by atoms with Crippen molar-refractivity contribution in [3.8, 4) is 17.1 Å². The number of phenolic OH excluding ortho intramolecular Hbond substituents is 1. The molecule has 1 aliphatic rings. The Morgan fingerprint density at radius 2 is 1.82 bits per heavy atom. The normalized spacial score (nSPS) is 13.6. The number of hydrogen-bond acceptors (Lipinski definition) is 3. The number of hydrogen-bond donors (Lipinski definition) is 1. The first-order valence-corrected chi connectivity index (χ1v) is 9.82. The average Bonchev–Trinajstić information content (AvgIpc) is 2.90. The van der Waals surface area contributed by atoms with E-state index in [4.69, 9.17) is 4.98 Å². The van der Waals surface area contributed by atoms with E-state index < -0.39 is 0 Å². The molecule has 0 bridgehead atoms. The first-order chi connectivity index (χ1) is 13.6. The van der Waals surface area contributed by atoms with Crippen LogP contribution in [-0.2, 0) is 19.5 Å². The molecule has 1 amide bonds. The molecule has 5 heteroatoms. The van der Waals surface area contributed by atoms with Crippen molar-refractivity contribution >= 4 is 5.91 Å². The Hall–Kier alpha value is -3.08. The summed E-state index contributed by atoms with van der Waals surface area (Å²) in [7, 11) is 1.76. The molecular weight excluding hydrogens is 350 g/mol. The van der Waals surface area contributed by atoms with Crippen LogP contribution in [0, 0.1) is 0 Å². The minimum atomic E-state index is -0.101. The maximum Gasteiger partial charge on any atom is 0.274 e. The van der Waals surface area contributed by atoms with Gasteiger partial charge < -0.3 is 14.6 Å². The zero-order valence-corrected chi connectivity index (χ0v) is 16.1.